The van der Waals surface area contributed by atoms with E-state index < -0.39 is 23.8 Å². The summed E-state index contributed by atoms with van der Waals surface area (Å²) in [5.41, 5.74) is 7.99. The first-order valence-corrected chi connectivity index (χ1v) is 18.8. The molecule has 12 heteroatoms. The number of hydrogen-bond acceptors (Lipinski definition) is 9. The van der Waals surface area contributed by atoms with Gasteiger partial charge in [0.2, 0.25) is 5.91 Å². The number of para-hydroxylation sites is 1. The molecule has 12 nitrogen and oxygen atoms in total. The van der Waals surface area contributed by atoms with Crippen LogP contribution in [0.15, 0.2) is 60.7 Å². The number of unbranched alkanes of at least 4 members (excludes halogenated alkanes) is 7. The first-order valence-electron chi connectivity index (χ1n) is 18.8. The number of fused-ring (bicyclic) bond motifs is 1. The molecule has 4 rings (SSSR count). The fraction of sp³-hybridized carbons (Fsp3) is 0.452. The van der Waals surface area contributed by atoms with Crippen LogP contribution in [0.25, 0.3) is 0 Å². The Morgan fingerprint density at radius 1 is 0.759 bits per heavy atom. The average molecular weight is 744 g/mol. The molecule has 0 spiro atoms. The van der Waals surface area contributed by atoms with E-state index in [-0.39, 0.29) is 36.5 Å². The van der Waals surface area contributed by atoms with Crippen LogP contribution in [0.2, 0.25) is 0 Å². The number of nitrogens with two attached hydrogens (primary N) is 1. The van der Waals surface area contributed by atoms with E-state index >= 15 is 0 Å². The lowest BCUT2D eigenvalue weighted by Crippen LogP contribution is -2.47. The summed E-state index contributed by atoms with van der Waals surface area (Å²) in [5, 5.41) is 2.96. The summed E-state index contributed by atoms with van der Waals surface area (Å²) in [6, 6.07) is 17.4. The molecule has 0 saturated carbocycles. The smallest absolute Gasteiger partial charge is 0.266 e. The van der Waals surface area contributed by atoms with E-state index in [1.54, 1.807) is 26.4 Å². The van der Waals surface area contributed by atoms with Crippen LogP contribution < -0.4 is 30.0 Å². The average Bonchev–Trinajstić information content (AvgIpc) is 3.43. The van der Waals surface area contributed by atoms with Crippen LogP contribution in [0.3, 0.4) is 0 Å². The third-order valence-corrected chi connectivity index (χ3v) is 9.45. The molecule has 4 amide bonds. The van der Waals surface area contributed by atoms with Crippen LogP contribution >= 0.6 is 0 Å². The maximum absolute atomic E-state index is 13.2. The fourth-order valence-electron chi connectivity index (χ4n) is 6.56. The Balaban J connectivity index is 1.04. The highest BCUT2D eigenvalue weighted by atomic mass is 16.5. The van der Waals surface area contributed by atoms with Gasteiger partial charge >= 0.3 is 0 Å². The lowest BCUT2D eigenvalue weighted by atomic mass is 10.0. The van der Waals surface area contributed by atoms with E-state index in [4.69, 9.17) is 24.7 Å². The topological polar surface area (TPSA) is 164 Å². The number of amides is 4. The molecule has 1 unspecified atom stereocenters. The van der Waals surface area contributed by atoms with E-state index in [1.165, 1.54) is 11.6 Å². The van der Waals surface area contributed by atoms with Gasteiger partial charge < -0.3 is 34.8 Å². The number of rotatable bonds is 26. The highest BCUT2D eigenvalue weighted by Crippen LogP contribution is 2.33. The molecule has 1 atom stereocenters. The Morgan fingerprint density at radius 2 is 1.46 bits per heavy atom. The zero-order valence-corrected chi connectivity index (χ0v) is 31.4. The van der Waals surface area contributed by atoms with Crippen molar-refractivity contribution in [3.05, 3.63) is 82.9 Å². The molecule has 3 N–H and O–H groups in total. The van der Waals surface area contributed by atoms with E-state index in [1.807, 2.05) is 42.5 Å². The molecule has 1 aliphatic heterocycles. The highest BCUT2D eigenvalue weighted by Gasteiger charge is 2.43. The zero-order valence-electron chi connectivity index (χ0n) is 31.4. The van der Waals surface area contributed by atoms with Gasteiger partial charge in [0.05, 0.1) is 32.0 Å². The second kappa shape index (κ2) is 22.0. The maximum atomic E-state index is 13.2. The summed E-state index contributed by atoms with van der Waals surface area (Å²) in [4.78, 5) is 62.2. The van der Waals surface area contributed by atoms with Crippen molar-refractivity contribution in [2.75, 3.05) is 34.0 Å². The number of benzene rings is 3. The molecule has 54 heavy (non-hydrogen) atoms. The second-order valence-corrected chi connectivity index (χ2v) is 13.3. The lowest BCUT2D eigenvalue weighted by molar-refractivity contribution is -0.123. The minimum absolute atomic E-state index is 0.00121. The first-order chi connectivity index (χ1) is 26.3. The third kappa shape index (κ3) is 11.8. The van der Waals surface area contributed by atoms with Crippen molar-refractivity contribution >= 4 is 29.9 Å². The van der Waals surface area contributed by atoms with Crippen molar-refractivity contribution in [2.24, 2.45) is 5.73 Å². The number of carbonyl (C=O) groups excluding carboxylic acids is 5. The first kappa shape index (κ1) is 41.4. The molecule has 1 aliphatic rings. The van der Waals surface area contributed by atoms with Gasteiger partial charge in [0, 0.05) is 13.0 Å². The predicted molar refractivity (Wildman–Crippen MR) is 204 cm³/mol. The molecule has 0 radical (unpaired) electrons. The number of imide groups is 1. The van der Waals surface area contributed by atoms with Crippen molar-refractivity contribution < 1.29 is 42.9 Å². The van der Waals surface area contributed by atoms with E-state index in [2.05, 4.69) is 5.32 Å². The molecule has 0 aliphatic carbocycles. The van der Waals surface area contributed by atoms with Gasteiger partial charge in [-0.3, -0.25) is 24.1 Å². The normalized spacial score (nSPS) is 12.6. The largest absolute Gasteiger partial charge is 0.493 e. The fourth-order valence-corrected chi connectivity index (χ4v) is 6.56. The Hall–Kier alpha value is -5.39. The number of ether oxygens (including phenoxy) is 4. The quantitative estimate of drug-likeness (QED) is 0.0570. The molecule has 3 aromatic carbocycles. The van der Waals surface area contributed by atoms with Gasteiger partial charge in [-0.2, -0.15) is 0 Å². The molecule has 0 fully saturated rings. The van der Waals surface area contributed by atoms with Crippen LogP contribution in [0.4, 0.5) is 0 Å². The van der Waals surface area contributed by atoms with Crippen LogP contribution in [0.5, 0.6) is 23.0 Å². The van der Waals surface area contributed by atoms with Gasteiger partial charge in [-0.25, -0.2) is 0 Å². The number of nitrogens with one attached hydrogen (secondary N) is 1. The van der Waals surface area contributed by atoms with E-state index in [9.17, 15) is 24.0 Å². The zero-order chi connectivity index (χ0) is 38.7. The van der Waals surface area contributed by atoms with E-state index in [0.29, 0.717) is 30.9 Å². The summed E-state index contributed by atoms with van der Waals surface area (Å²) >= 11 is 0. The Labute approximate surface area is 317 Å². The highest BCUT2D eigenvalue weighted by molar-refractivity contribution is 6.24. The molecule has 0 saturated heterocycles. The van der Waals surface area contributed by atoms with Gasteiger partial charge in [0.25, 0.3) is 17.7 Å². The van der Waals surface area contributed by atoms with Crippen molar-refractivity contribution in [3.8, 4) is 23.0 Å². The number of methoxy groups -OCH3 is 2. The molecular formula is C42H53N3O9. The van der Waals surface area contributed by atoms with Gasteiger partial charge in [0.15, 0.2) is 18.1 Å². The maximum Gasteiger partial charge on any atom is 0.266 e. The summed E-state index contributed by atoms with van der Waals surface area (Å²) < 4.78 is 22.5. The summed E-state index contributed by atoms with van der Waals surface area (Å²) in [6.07, 6.45) is 11.2. The molecule has 0 bridgehead atoms. The van der Waals surface area contributed by atoms with Crippen LogP contribution in [0, 0.1) is 0 Å². The molecule has 290 valence electrons. The number of primary amides is 1. The minimum atomic E-state index is -1.19. The molecule has 0 aromatic heterocycles. The minimum Gasteiger partial charge on any atom is -0.493 e. The standard InChI is InChI=1S/C42H53N3O9/c1-51-35-24-23-30(28-37(35)52-2)16-13-18-31-17-9-10-21-34(31)54-29-38(47)44-25-11-7-5-3-4-6-8-12-27-53-36-22-14-19-32-39(36)42(50)45(41(32)49)33(40(43)48)20-15-26-46/h9-10,14,17,19,21-24,26,28,33H,3-8,11-13,15-16,18,20,25,27,29H2,1-2H3,(H2,43,48)(H,44,47). The number of carbonyl (C=O) groups is 5. The summed E-state index contributed by atoms with van der Waals surface area (Å²) in [6.45, 7) is 0.982. The van der Waals surface area contributed by atoms with Crippen molar-refractivity contribution in [2.45, 2.75) is 89.5 Å². The SMILES string of the molecule is COc1ccc(CCCc2ccccc2OCC(=O)NCCCCCCCCCCOc2cccc3c2C(=O)N(C(CCC=O)C(N)=O)C3=O)cc1OC. The van der Waals surface area contributed by atoms with Crippen LogP contribution in [-0.2, 0) is 27.2 Å². The number of aryl methyl sites for hydroxylation is 2. The molecule has 1 heterocycles. The summed E-state index contributed by atoms with van der Waals surface area (Å²) in [5.74, 6) is 0.251. The number of nitrogens with zero attached hydrogens (tertiary/aromatic N) is 1. The predicted octanol–water partition coefficient (Wildman–Crippen LogP) is 6.00. The molecular weight excluding hydrogens is 690 g/mol. The van der Waals surface area contributed by atoms with Crippen LogP contribution in [0.1, 0.15) is 102 Å². The monoisotopic (exact) mass is 743 g/mol. The Bertz CT molecular complexity index is 1730. The lowest BCUT2D eigenvalue weighted by Gasteiger charge is -2.22. The van der Waals surface area contributed by atoms with Crippen molar-refractivity contribution in [1.82, 2.24) is 10.2 Å². The van der Waals surface area contributed by atoms with Gasteiger partial charge in [0.1, 0.15) is 23.8 Å². The van der Waals surface area contributed by atoms with Crippen molar-refractivity contribution in [1.29, 1.82) is 0 Å². The Morgan fingerprint density at radius 3 is 2.19 bits per heavy atom. The van der Waals surface area contributed by atoms with Gasteiger partial charge in [-0.15, -0.1) is 0 Å². The summed E-state index contributed by atoms with van der Waals surface area (Å²) in [7, 11) is 3.26. The molecule has 3 aromatic rings. The third-order valence-electron chi connectivity index (χ3n) is 9.45. The van der Waals surface area contributed by atoms with Crippen molar-refractivity contribution in [3.63, 3.8) is 0 Å². The number of hydrogen-bond donors (Lipinski definition) is 2. The second-order valence-electron chi connectivity index (χ2n) is 13.3. The van der Waals surface area contributed by atoms with Crippen LogP contribution in [-0.4, -0.2) is 74.8 Å². The number of aldehydes is 1. The van der Waals surface area contributed by atoms with E-state index in [0.717, 1.165) is 92.6 Å². The van der Waals surface area contributed by atoms with Gasteiger partial charge in [-0.1, -0.05) is 68.9 Å². The Kier molecular flexibility index (Phi) is 16.8. The van der Waals surface area contributed by atoms with Gasteiger partial charge in [-0.05, 0) is 80.0 Å².